The van der Waals surface area contributed by atoms with Gasteiger partial charge in [0.05, 0.1) is 13.7 Å². The number of halogens is 1. The number of hydrogen-bond donors (Lipinski definition) is 2. The Morgan fingerprint density at radius 2 is 1.80 bits per heavy atom. The summed E-state index contributed by atoms with van der Waals surface area (Å²) in [4.78, 5) is 7.21. The van der Waals surface area contributed by atoms with Gasteiger partial charge in [0.25, 0.3) is 0 Å². The van der Waals surface area contributed by atoms with E-state index in [1.54, 1.807) is 7.11 Å². The molecule has 1 heterocycles. The predicted molar refractivity (Wildman–Crippen MR) is 141 cm³/mol. The van der Waals surface area contributed by atoms with Crippen LogP contribution in [-0.4, -0.2) is 50.8 Å². The second kappa shape index (κ2) is 13.6. The molecule has 5 nitrogen and oxygen atoms in total. The molecule has 0 aliphatic carbocycles. The average Bonchev–Trinajstić information content (AvgIpc) is 2.78. The highest BCUT2D eigenvalue weighted by Crippen LogP contribution is 2.20. The number of para-hydroxylation sites is 1. The normalized spacial score (nSPS) is 14.1. The van der Waals surface area contributed by atoms with Gasteiger partial charge in [-0.1, -0.05) is 30.3 Å². The van der Waals surface area contributed by atoms with Gasteiger partial charge in [0.2, 0.25) is 0 Å². The van der Waals surface area contributed by atoms with Crippen LogP contribution in [0.1, 0.15) is 18.1 Å². The molecule has 0 bridgehead atoms. The third-order valence-corrected chi connectivity index (χ3v) is 5.90. The summed E-state index contributed by atoms with van der Waals surface area (Å²) < 4.78 is 5.43. The van der Waals surface area contributed by atoms with Crippen LogP contribution in [0.25, 0.3) is 0 Å². The number of aliphatic imine (C=N–C) groups is 1. The maximum atomic E-state index is 5.43. The molecule has 2 aromatic rings. The molecule has 30 heavy (non-hydrogen) atoms. The molecule has 1 aliphatic rings. The lowest BCUT2D eigenvalue weighted by atomic mass is 10.1. The molecular formula is C23H33IN4OS. The first kappa shape index (κ1) is 24.7. The van der Waals surface area contributed by atoms with Crippen molar-refractivity contribution in [3.8, 4) is 5.75 Å². The second-order valence-corrected chi connectivity index (χ2v) is 8.17. The van der Waals surface area contributed by atoms with Crippen LogP contribution in [0.15, 0.2) is 53.5 Å². The van der Waals surface area contributed by atoms with Crippen LogP contribution in [0.3, 0.4) is 0 Å². The standard InChI is InChI=1S/C23H32N4OS.HI/c1-3-24-23(25-13-12-20-6-4-5-7-22(20)28-2)26-18-19-8-10-21(11-9-19)27-14-16-29-17-15-27;/h4-11H,3,12-18H2,1-2H3,(H2,24,25,26);1H. The van der Waals surface area contributed by atoms with E-state index in [-0.39, 0.29) is 24.0 Å². The molecule has 0 spiro atoms. The van der Waals surface area contributed by atoms with Crippen molar-refractivity contribution in [3.05, 3.63) is 59.7 Å². The lowest BCUT2D eigenvalue weighted by molar-refractivity contribution is 0.409. The van der Waals surface area contributed by atoms with E-state index in [1.165, 1.54) is 28.3 Å². The highest BCUT2D eigenvalue weighted by Gasteiger charge is 2.10. The van der Waals surface area contributed by atoms with Crippen LogP contribution in [0.4, 0.5) is 5.69 Å². The molecule has 0 unspecified atom stereocenters. The van der Waals surface area contributed by atoms with Gasteiger partial charge >= 0.3 is 0 Å². The minimum Gasteiger partial charge on any atom is -0.496 e. The third kappa shape index (κ3) is 7.58. The molecule has 1 aliphatic heterocycles. The van der Waals surface area contributed by atoms with E-state index in [4.69, 9.17) is 9.73 Å². The van der Waals surface area contributed by atoms with Gasteiger partial charge in [-0.2, -0.15) is 11.8 Å². The number of hydrogen-bond acceptors (Lipinski definition) is 4. The monoisotopic (exact) mass is 540 g/mol. The van der Waals surface area contributed by atoms with Crippen molar-refractivity contribution in [2.45, 2.75) is 19.9 Å². The molecule has 0 amide bonds. The topological polar surface area (TPSA) is 48.9 Å². The van der Waals surface area contributed by atoms with E-state index >= 15 is 0 Å². The summed E-state index contributed by atoms with van der Waals surface area (Å²) in [6.07, 6.45) is 0.886. The quantitative estimate of drug-likeness (QED) is 0.299. The summed E-state index contributed by atoms with van der Waals surface area (Å²) in [6, 6.07) is 17.0. The van der Waals surface area contributed by atoms with E-state index in [9.17, 15) is 0 Å². The molecule has 0 aromatic heterocycles. The molecule has 2 aromatic carbocycles. The van der Waals surface area contributed by atoms with Gasteiger partial charge in [-0.25, -0.2) is 4.99 Å². The fourth-order valence-electron chi connectivity index (χ4n) is 3.37. The average molecular weight is 541 g/mol. The molecule has 0 radical (unpaired) electrons. The first-order valence-corrected chi connectivity index (χ1v) is 11.5. The zero-order chi connectivity index (χ0) is 20.3. The van der Waals surface area contributed by atoms with Crippen LogP contribution in [0.5, 0.6) is 5.75 Å². The number of nitrogens with one attached hydrogen (secondary N) is 2. The molecule has 2 N–H and O–H groups in total. The first-order valence-electron chi connectivity index (χ1n) is 10.4. The van der Waals surface area contributed by atoms with E-state index in [2.05, 4.69) is 52.8 Å². The van der Waals surface area contributed by atoms with E-state index in [0.717, 1.165) is 44.3 Å². The van der Waals surface area contributed by atoms with Crippen LogP contribution >= 0.6 is 35.7 Å². The Bertz CT molecular complexity index is 779. The minimum absolute atomic E-state index is 0. The number of ether oxygens (including phenoxy) is 1. The van der Waals surface area contributed by atoms with Crippen LogP contribution < -0.4 is 20.3 Å². The molecule has 0 saturated carbocycles. The summed E-state index contributed by atoms with van der Waals surface area (Å²) in [5, 5.41) is 6.75. The Kier molecular flexibility index (Phi) is 11.2. The van der Waals surface area contributed by atoms with Crippen LogP contribution in [0.2, 0.25) is 0 Å². The van der Waals surface area contributed by atoms with Gasteiger partial charge in [0.1, 0.15) is 5.75 Å². The van der Waals surface area contributed by atoms with Crippen molar-refractivity contribution >= 4 is 47.4 Å². The van der Waals surface area contributed by atoms with Gasteiger partial charge in [-0.15, -0.1) is 24.0 Å². The maximum absolute atomic E-state index is 5.43. The lowest BCUT2D eigenvalue weighted by Gasteiger charge is -2.28. The van der Waals surface area contributed by atoms with Crippen molar-refractivity contribution in [1.29, 1.82) is 0 Å². The van der Waals surface area contributed by atoms with E-state index in [0.29, 0.717) is 6.54 Å². The van der Waals surface area contributed by atoms with Crippen LogP contribution in [0, 0.1) is 0 Å². The molecule has 3 rings (SSSR count). The molecule has 7 heteroatoms. The van der Waals surface area contributed by atoms with Gasteiger partial charge in [0, 0.05) is 43.4 Å². The molecule has 1 saturated heterocycles. The Hall–Kier alpha value is -1.61. The zero-order valence-electron chi connectivity index (χ0n) is 17.9. The lowest BCUT2D eigenvalue weighted by Crippen LogP contribution is -2.38. The summed E-state index contributed by atoms with van der Waals surface area (Å²) in [5.41, 5.74) is 3.74. The molecule has 1 fully saturated rings. The SMILES string of the molecule is CCNC(=NCc1ccc(N2CCSCC2)cc1)NCCc1ccccc1OC.I. The fraction of sp³-hybridized carbons (Fsp3) is 0.435. The Morgan fingerprint density at radius 3 is 2.50 bits per heavy atom. The Balaban J connectivity index is 0.00000320. The number of nitrogens with zero attached hydrogens (tertiary/aromatic N) is 2. The highest BCUT2D eigenvalue weighted by atomic mass is 127. The third-order valence-electron chi connectivity index (χ3n) is 4.96. The summed E-state index contributed by atoms with van der Waals surface area (Å²) >= 11 is 2.04. The second-order valence-electron chi connectivity index (χ2n) is 6.95. The summed E-state index contributed by atoms with van der Waals surface area (Å²) in [6.45, 7) is 6.68. The predicted octanol–water partition coefficient (Wildman–Crippen LogP) is 4.16. The number of rotatable bonds is 8. The maximum Gasteiger partial charge on any atom is 0.191 e. The minimum atomic E-state index is 0. The van der Waals surface area contributed by atoms with Crippen molar-refractivity contribution in [1.82, 2.24) is 10.6 Å². The Morgan fingerprint density at radius 1 is 1.07 bits per heavy atom. The number of anilines is 1. The van der Waals surface area contributed by atoms with Gasteiger partial charge in [0.15, 0.2) is 5.96 Å². The van der Waals surface area contributed by atoms with Crippen molar-refractivity contribution in [3.63, 3.8) is 0 Å². The molecule has 0 atom stereocenters. The number of thioether (sulfide) groups is 1. The Labute approximate surface area is 202 Å². The summed E-state index contributed by atoms with van der Waals surface area (Å²) in [5.74, 6) is 4.22. The molecule has 164 valence electrons. The zero-order valence-corrected chi connectivity index (χ0v) is 21.0. The van der Waals surface area contributed by atoms with Gasteiger partial charge in [-0.05, 0) is 42.7 Å². The van der Waals surface area contributed by atoms with Gasteiger partial charge in [-0.3, -0.25) is 0 Å². The number of methoxy groups -OCH3 is 1. The van der Waals surface area contributed by atoms with Crippen LogP contribution in [-0.2, 0) is 13.0 Å². The largest absolute Gasteiger partial charge is 0.496 e. The van der Waals surface area contributed by atoms with E-state index < -0.39 is 0 Å². The van der Waals surface area contributed by atoms with Gasteiger partial charge < -0.3 is 20.3 Å². The van der Waals surface area contributed by atoms with E-state index in [1.807, 2.05) is 30.0 Å². The summed E-state index contributed by atoms with van der Waals surface area (Å²) in [7, 11) is 1.72. The number of guanidine groups is 1. The smallest absolute Gasteiger partial charge is 0.191 e. The van der Waals surface area contributed by atoms with Crippen molar-refractivity contribution < 1.29 is 4.74 Å². The highest BCUT2D eigenvalue weighted by molar-refractivity contribution is 14.0. The fourth-order valence-corrected chi connectivity index (χ4v) is 4.27. The first-order chi connectivity index (χ1) is 14.3. The van der Waals surface area contributed by atoms with Crippen molar-refractivity contribution in [2.24, 2.45) is 4.99 Å². The number of benzene rings is 2. The molecular weight excluding hydrogens is 507 g/mol. The van der Waals surface area contributed by atoms with Crippen molar-refractivity contribution in [2.75, 3.05) is 49.7 Å².